The van der Waals surface area contributed by atoms with E-state index >= 15 is 0 Å². The highest BCUT2D eigenvalue weighted by Gasteiger charge is 2.40. The molecular weight excluding hydrogens is 310 g/mol. The third-order valence-electron chi connectivity index (χ3n) is 4.86. The molecule has 2 fully saturated rings. The van der Waals surface area contributed by atoms with E-state index in [2.05, 4.69) is 17.1 Å². The molecule has 2 aromatic heterocycles. The summed E-state index contributed by atoms with van der Waals surface area (Å²) in [6.45, 7) is 3.63. The van der Waals surface area contributed by atoms with Gasteiger partial charge in [0.25, 0.3) is 0 Å². The first-order valence-corrected chi connectivity index (χ1v) is 9.16. The van der Waals surface area contributed by atoms with Crippen LogP contribution in [-0.4, -0.2) is 34.0 Å². The molecule has 5 nitrogen and oxygen atoms in total. The Morgan fingerprint density at radius 3 is 3.13 bits per heavy atom. The van der Waals surface area contributed by atoms with E-state index in [0.29, 0.717) is 24.8 Å². The summed E-state index contributed by atoms with van der Waals surface area (Å²) in [6, 6.07) is 4.01. The fourth-order valence-electron chi connectivity index (χ4n) is 3.29. The summed E-state index contributed by atoms with van der Waals surface area (Å²) in [7, 11) is 0. The summed E-state index contributed by atoms with van der Waals surface area (Å²) in [6.07, 6.45) is 4.79. The number of hydrogen-bond acceptors (Lipinski definition) is 5. The molecule has 2 aromatic rings. The number of hydrogen-bond donors (Lipinski definition) is 0. The molecule has 2 aliphatic rings. The summed E-state index contributed by atoms with van der Waals surface area (Å²) in [5.74, 6) is 2.24. The van der Waals surface area contributed by atoms with Gasteiger partial charge in [-0.25, -0.2) is 0 Å². The maximum absolute atomic E-state index is 12.6. The lowest BCUT2D eigenvalue weighted by atomic mass is 9.81. The molecule has 122 valence electrons. The number of carbonyl (C=O) groups is 1. The van der Waals surface area contributed by atoms with E-state index in [4.69, 9.17) is 4.52 Å². The molecule has 0 radical (unpaired) electrons. The second-order valence-corrected chi connectivity index (χ2v) is 8.00. The summed E-state index contributed by atoms with van der Waals surface area (Å²) < 4.78 is 5.55. The zero-order valence-electron chi connectivity index (χ0n) is 13.3. The Hall–Kier alpha value is -1.69. The monoisotopic (exact) mass is 331 g/mol. The minimum atomic E-state index is -0.219. The topological polar surface area (TPSA) is 59.2 Å². The molecule has 0 bridgehead atoms. The van der Waals surface area contributed by atoms with Crippen LogP contribution in [0.2, 0.25) is 0 Å². The van der Waals surface area contributed by atoms with E-state index in [1.54, 1.807) is 11.3 Å². The van der Waals surface area contributed by atoms with Crippen LogP contribution in [0.4, 0.5) is 0 Å². The van der Waals surface area contributed by atoms with Crippen LogP contribution >= 0.6 is 11.3 Å². The minimum Gasteiger partial charge on any atom is -0.341 e. The molecule has 1 amide bonds. The summed E-state index contributed by atoms with van der Waals surface area (Å²) in [5, 5.41) is 6.16. The van der Waals surface area contributed by atoms with Crippen molar-refractivity contribution in [1.82, 2.24) is 15.0 Å². The summed E-state index contributed by atoms with van der Waals surface area (Å²) in [4.78, 5) is 20.3. The highest BCUT2D eigenvalue weighted by Crippen LogP contribution is 2.40. The van der Waals surface area contributed by atoms with Gasteiger partial charge in [-0.05, 0) is 44.1 Å². The van der Waals surface area contributed by atoms with Crippen molar-refractivity contribution in [2.24, 2.45) is 0 Å². The van der Waals surface area contributed by atoms with Gasteiger partial charge in [-0.3, -0.25) is 4.79 Å². The maximum atomic E-state index is 12.6. The lowest BCUT2D eigenvalue weighted by molar-refractivity contribution is -0.132. The number of aromatic nitrogens is 2. The Morgan fingerprint density at radius 2 is 2.39 bits per heavy atom. The number of likely N-dealkylation sites (tertiary alicyclic amines) is 1. The highest BCUT2D eigenvalue weighted by atomic mass is 32.1. The quantitative estimate of drug-likeness (QED) is 0.863. The highest BCUT2D eigenvalue weighted by molar-refractivity contribution is 7.10. The average Bonchev–Trinajstić information content (AvgIpc) is 3.05. The first-order chi connectivity index (χ1) is 11.1. The third kappa shape index (κ3) is 3.04. The van der Waals surface area contributed by atoms with Crippen LogP contribution in [-0.2, 0) is 16.6 Å². The van der Waals surface area contributed by atoms with Crippen LogP contribution in [0.3, 0.4) is 0 Å². The van der Waals surface area contributed by atoms with Gasteiger partial charge in [0.15, 0.2) is 5.82 Å². The van der Waals surface area contributed by atoms with Crippen molar-refractivity contribution < 1.29 is 9.32 Å². The van der Waals surface area contributed by atoms with Crippen molar-refractivity contribution in [1.29, 1.82) is 0 Å². The van der Waals surface area contributed by atoms with Crippen LogP contribution < -0.4 is 0 Å². The molecule has 1 atom stereocenters. The average molecular weight is 331 g/mol. The molecule has 0 N–H and O–H groups in total. The van der Waals surface area contributed by atoms with Crippen molar-refractivity contribution in [3.63, 3.8) is 0 Å². The Balaban J connectivity index is 1.47. The van der Waals surface area contributed by atoms with E-state index in [1.807, 2.05) is 22.4 Å². The Labute approximate surface area is 139 Å². The minimum absolute atomic E-state index is 0.195. The summed E-state index contributed by atoms with van der Waals surface area (Å²) >= 11 is 1.64. The van der Waals surface area contributed by atoms with Crippen molar-refractivity contribution >= 4 is 17.2 Å². The molecule has 1 saturated heterocycles. The normalized spacial score (nSPS) is 24.8. The lowest BCUT2D eigenvalue weighted by Gasteiger charge is -2.38. The van der Waals surface area contributed by atoms with E-state index in [9.17, 15) is 4.79 Å². The van der Waals surface area contributed by atoms with Gasteiger partial charge in [-0.1, -0.05) is 11.2 Å². The fraction of sp³-hybridized carbons (Fsp3) is 0.588. The molecule has 4 rings (SSSR count). The largest absolute Gasteiger partial charge is 0.341 e. The van der Waals surface area contributed by atoms with Gasteiger partial charge < -0.3 is 9.42 Å². The SMILES string of the molecule is CC1(c2nc(C3CC3)no2)CCCN(C(=O)Cc2cccs2)C1. The van der Waals surface area contributed by atoms with Gasteiger partial charge in [0, 0.05) is 23.9 Å². The first kappa shape index (κ1) is 14.9. The van der Waals surface area contributed by atoms with E-state index < -0.39 is 0 Å². The predicted molar refractivity (Wildman–Crippen MR) is 87.5 cm³/mol. The molecule has 3 heterocycles. The Kier molecular flexibility index (Phi) is 3.71. The van der Waals surface area contributed by atoms with Gasteiger partial charge >= 0.3 is 0 Å². The van der Waals surface area contributed by atoms with E-state index in [1.165, 1.54) is 12.8 Å². The zero-order valence-corrected chi connectivity index (χ0v) is 14.1. The molecular formula is C17H21N3O2S. The van der Waals surface area contributed by atoms with E-state index in [-0.39, 0.29) is 11.3 Å². The Morgan fingerprint density at radius 1 is 1.52 bits per heavy atom. The molecule has 6 heteroatoms. The molecule has 23 heavy (non-hydrogen) atoms. The Bertz CT molecular complexity index is 693. The number of rotatable bonds is 4. The standard InChI is InChI=1S/C17H21N3O2S/c1-17(16-18-15(19-22-16)12-5-6-12)7-3-8-20(11-17)14(21)10-13-4-2-9-23-13/h2,4,9,12H,3,5-8,10-11H2,1H3. The van der Waals surface area contributed by atoms with Gasteiger partial charge in [0.1, 0.15) is 0 Å². The zero-order chi connectivity index (χ0) is 15.9. The number of piperidine rings is 1. The predicted octanol–water partition coefficient (Wildman–Crippen LogP) is 3.13. The van der Waals surface area contributed by atoms with Gasteiger partial charge in [-0.15, -0.1) is 11.3 Å². The molecule has 1 aliphatic carbocycles. The van der Waals surface area contributed by atoms with Gasteiger partial charge in [-0.2, -0.15) is 4.98 Å². The number of amides is 1. The molecule has 1 unspecified atom stereocenters. The number of thiophene rings is 1. The van der Waals surface area contributed by atoms with Crippen molar-refractivity contribution in [2.45, 2.75) is 50.4 Å². The number of carbonyl (C=O) groups excluding carboxylic acids is 1. The lowest BCUT2D eigenvalue weighted by Crippen LogP contribution is -2.47. The third-order valence-corrected chi connectivity index (χ3v) is 5.73. The second kappa shape index (κ2) is 5.74. The first-order valence-electron chi connectivity index (χ1n) is 8.28. The van der Waals surface area contributed by atoms with Crippen LogP contribution in [0.5, 0.6) is 0 Å². The van der Waals surface area contributed by atoms with E-state index in [0.717, 1.165) is 30.1 Å². The van der Waals surface area contributed by atoms with Gasteiger partial charge in [0.05, 0.1) is 11.8 Å². The smallest absolute Gasteiger partial charge is 0.234 e. The fourth-order valence-corrected chi connectivity index (χ4v) is 3.98. The maximum Gasteiger partial charge on any atom is 0.234 e. The molecule has 0 spiro atoms. The van der Waals surface area contributed by atoms with Gasteiger partial charge in [0.2, 0.25) is 11.8 Å². The van der Waals surface area contributed by atoms with Crippen molar-refractivity contribution in [2.75, 3.05) is 13.1 Å². The number of nitrogens with zero attached hydrogens (tertiary/aromatic N) is 3. The second-order valence-electron chi connectivity index (χ2n) is 6.97. The van der Waals surface area contributed by atoms with Crippen molar-refractivity contribution in [3.8, 4) is 0 Å². The molecule has 1 saturated carbocycles. The van der Waals surface area contributed by atoms with Crippen molar-refractivity contribution in [3.05, 3.63) is 34.1 Å². The van der Waals surface area contributed by atoms with Crippen LogP contribution in [0.1, 0.15) is 55.1 Å². The van der Waals surface area contributed by atoms with Crippen LogP contribution in [0, 0.1) is 0 Å². The summed E-state index contributed by atoms with van der Waals surface area (Å²) in [5.41, 5.74) is -0.219. The van der Waals surface area contributed by atoms with Crippen LogP contribution in [0.15, 0.2) is 22.0 Å². The molecule has 0 aromatic carbocycles. The molecule has 1 aliphatic heterocycles. The van der Waals surface area contributed by atoms with Crippen LogP contribution in [0.25, 0.3) is 0 Å².